The maximum atomic E-state index is 13.0. The van der Waals surface area contributed by atoms with E-state index in [1.54, 1.807) is 38.1 Å². The second-order valence-electron chi connectivity index (χ2n) is 6.68. The number of amides is 2. The van der Waals surface area contributed by atoms with Crippen LogP contribution in [0.15, 0.2) is 60.7 Å². The second kappa shape index (κ2) is 10.5. The quantitative estimate of drug-likeness (QED) is 0.378. The molecular formula is C24H21FN2O4S. The van der Waals surface area contributed by atoms with Gasteiger partial charge in [0.2, 0.25) is 5.91 Å². The van der Waals surface area contributed by atoms with E-state index in [-0.39, 0.29) is 27.9 Å². The number of ether oxygens (including phenoxy) is 1. The van der Waals surface area contributed by atoms with Crippen LogP contribution in [0.5, 0.6) is 0 Å². The molecule has 0 fully saturated rings. The maximum Gasteiger partial charge on any atom is 0.341 e. The topological polar surface area (TPSA) is 84.5 Å². The van der Waals surface area contributed by atoms with E-state index in [0.29, 0.717) is 16.8 Å². The first-order chi connectivity index (χ1) is 15.4. The minimum Gasteiger partial charge on any atom is -0.462 e. The van der Waals surface area contributed by atoms with Crippen molar-refractivity contribution in [3.63, 3.8) is 0 Å². The molecule has 0 aliphatic heterocycles. The summed E-state index contributed by atoms with van der Waals surface area (Å²) in [7, 11) is 0. The summed E-state index contributed by atoms with van der Waals surface area (Å²) < 4.78 is 18.1. The Hall–Kier alpha value is -3.78. The number of carbonyl (C=O) groups is 3. The van der Waals surface area contributed by atoms with Gasteiger partial charge in [0.25, 0.3) is 5.91 Å². The molecule has 0 spiro atoms. The lowest BCUT2D eigenvalue weighted by Gasteiger charge is -2.06. The molecule has 6 nitrogen and oxygen atoms in total. The Morgan fingerprint density at radius 2 is 1.72 bits per heavy atom. The molecule has 0 bridgehead atoms. The van der Waals surface area contributed by atoms with E-state index in [1.807, 2.05) is 6.07 Å². The standard InChI is InChI=1S/C24H21FN2O4S/c1-3-31-24(30)20-15(2)21(22(29)26-18-7-5-4-6-8-18)32-23(20)27-19(28)14-11-16-9-12-17(25)13-10-16/h4-14H,3H2,1-2H3,(H,26,29)(H,27,28)/b14-11+. The second-order valence-corrected chi connectivity index (χ2v) is 7.70. The number of thiophene rings is 1. The number of para-hydroxylation sites is 1. The zero-order valence-corrected chi connectivity index (χ0v) is 18.3. The smallest absolute Gasteiger partial charge is 0.341 e. The van der Waals surface area contributed by atoms with Crippen LogP contribution >= 0.6 is 11.3 Å². The summed E-state index contributed by atoms with van der Waals surface area (Å²) in [6, 6.07) is 14.5. The number of esters is 1. The summed E-state index contributed by atoms with van der Waals surface area (Å²) in [4.78, 5) is 38.1. The van der Waals surface area contributed by atoms with Crippen molar-refractivity contribution in [3.8, 4) is 0 Å². The summed E-state index contributed by atoms with van der Waals surface area (Å²) in [6.07, 6.45) is 2.78. The largest absolute Gasteiger partial charge is 0.462 e. The van der Waals surface area contributed by atoms with Crippen LogP contribution in [0.3, 0.4) is 0 Å². The molecule has 2 N–H and O–H groups in total. The predicted octanol–water partition coefficient (Wildman–Crippen LogP) is 5.28. The SMILES string of the molecule is CCOC(=O)c1c(NC(=O)/C=C/c2ccc(F)cc2)sc(C(=O)Nc2ccccc2)c1C. The molecule has 164 valence electrons. The van der Waals surface area contributed by atoms with E-state index in [0.717, 1.165) is 11.3 Å². The van der Waals surface area contributed by atoms with Crippen molar-refractivity contribution >= 4 is 45.9 Å². The minimum atomic E-state index is -0.627. The molecule has 0 atom stereocenters. The fourth-order valence-electron chi connectivity index (χ4n) is 2.88. The molecule has 2 amide bonds. The summed E-state index contributed by atoms with van der Waals surface area (Å²) in [6.45, 7) is 3.45. The summed E-state index contributed by atoms with van der Waals surface area (Å²) in [5.41, 5.74) is 1.80. The molecule has 32 heavy (non-hydrogen) atoms. The van der Waals surface area contributed by atoms with Gasteiger partial charge in [-0.05, 0) is 55.3 Å². The summed E-state index contributed by atoms with van der Waals surface area (Å²) in [5.74, 6) is -1.90. The molecule has 0 unspecified atom stereocenters. The van der Waals surface area contributed by atoms with Crippen LogP contribution in [-0.4, -0.2) is 24.4 Å². The first kappa shape index (κ1) is 22.9. The van der Waals surface area contributed by atoms with Crippen molar-refractivity contribution in [2.75, 3.05) is 17.2 Å². The highest BCUT2D eigenvalue weighted by atomic mass is 32.1. The third kappa shape index (κ3) is 5.67. The highest BCUT2D eigenvalue weighted by Crippen LogP contribution is 2.34. The molecule has 1 heterocycles. The Balaban J connectivity index is 1.85. The average Bonchev–Trinajstić information content (AvgIpc) is 3.10. The fourth-order valence-corrected chi connectivity index (χ4v) is 3.97. The van der Waals surface area contributed by atoms with Gasteiger partial charge >= 0.3 is 5.97 Å². The number of halogens is 1. The van der Waals surface area contributed by atoms with Crippen LogP contribution in [0.2, 0.25) is 0 Å². The Bertz CT molecular complexity index is 1150. The van der Waals surface area contributed by atoms with E-state index < -0.39 is 17.8 Å². The number of hydrogen-bond acceptors (Lipinski definition) is 5. The predicted molar refractivity (Wildman–Crippen MR) is 123 cm³/mol. The van der Waals surface area contributed by atoms with Crippen LogP contribution in [0, 0.1) is 12.7 Å². The highest BCUT2D eigenvalue weighted by Gasteiger charge is 2.26. The maximum absolute atomic E-state index is 13.0. The summed E-state index contributed by atoms with van der Waals surface area (Å²) in [5, 5.41) is 5.64. The van der Waals surface area contributed by atoms with Gasteiger partial charge in [-0.25, -0.2) is 9.18 Å². The molecule has 3 aromatic rings. The van der Waals surface area contributed by atoms with Gasteiger partial charge in [0, 0.05) is 11.8 Å². The van der Waals surface area contributed by atoms with E-state index in [2.05, 4.69) is 10.6 Å². The average molecular weight is 453 g/mol. The molecule has 8 heteroatoms. The first-order valence-electron chi connectivity index (χ1n) is 9.80. The van der Waals surface area contributed by atoms with Crippen LogP contribution in [0.1, 0.15) is 38.1 Å². The molecule has 2 aromatic carbocycles. The van der Waals surface area contributed by atoms with E-state index in [9.17, 15) is 18.8 Å². The lowest BCUT2D eigenvalue weighted by molar-refractivity contribution is -0.111. The number of rotatable bonds is 7. The normalized spacial score (nSPS) is 10.7. The van der Waals surface area contributed by atoms with E-state index in [1.165, 1.54) is 36.4 Å². The Morgan fingerprint density at radius 3 is 2.38 bits per heavy atom. The van der Waals surface area contributed by atoms with Gasteiger partial charge in [0.1, 0.15) is 10.8 Å². The van der Waals surface area contributed by atoms with Gasteiger partial charge in [-0.1, -0.05) is 30.3 Å². The van der Waals surface area contributed by atoms with Gasteiger partial charge < -0.3 is 15.4 Å². The Labute approximate surface area is 188 Å². The monoisotopic (exact) mass is 452 g/mol. The Kier molecular flexibility index (Phi) is 7.51. The summed E-state index contributed by atoms with van der Waals surface area (Å²) >= 11 is 0.991. The first-order valence-corrected chi connectivity index (χ1v) is 10.6. The van der Waals surface area contributed by atoms with Crippen molar-refractivity contribution in [1.29, 1.82) is 0 Å². The number of hydrogen-bond donors (Lipinski definition) is 2. The molecular weight excluding hydrogens is 431 g/mol. The third-order valence-electron chi connectivity index (χ3n) is 4.40. The molecule has 3 rings (SSSR count). The van der Waals surface area contributed by atoms with Crippen molar-refractivity contribution in [2.45, 2.75) is 13.8 Å². The van der Waals surface area contributed by atoms with Crippen molar-refractivity contribution in [3.05, 3.63) is 88.1 Å². The highest BCUT2D eigenvalue weighted by molar-refractivity contribution is 7.19. The number of nitrogens with one attached hydrogen (secondary N) is 2. The number of carbonyl (C=O) groups excluding carboxylic acids is 3. The van der Waals surface area contributed by atoms with Gasteiger partial charge in [0.05, 0.1) is 17.0 Å². The molecule has 0 radical (unpaired) electrons. The van der Waals surface area contributed by atoms with Crippen molar-refractivity contribution in [1.82, 2.24) is 0 Å². The third-order valence-corrected chi connectivity index (χ3v) is 5.60. The molecule has 0 saturated carbocycles. The molecule has 0 aliphatic carbocycles. The van der Waals surface area contributed by atoms with Crippen molar-refractivity contribution < 1.29 is 23.5 Å². The molecule has 0 aliphatic rings. The molecule has 1 aromatic heterocycles. The van der Waals surface area contributed by atoms with E-state index in [4.69, 9.17) is 4.74 Å². The molecule has 0 saturated heterocycles. The number of benzene rings is 2. The van der Waals surface area contributed by atoms with Crippen LogP contribution < -0.4 is 10.6 Å². The van der Waals surface area contributed by atoms with Gasteiger partial charge in [-0.2, -0.15) is 0 Å². The Morgan fingerprint density at radius 1 is 1.03 bits per heavy atom. The zero-order chi connectivity index (χ0) is 23.1. The van der Waals surface area contributed by atoms with Crippen LogP contribution in [-0.2, 0) is 9.53 Å². The fraction of sp³-hybridized carbons (Fsp3) is 0.125. The van der Waals surface area contributed by atoms with E-state index >= 15 is 0 Å². The number of anilines is 2. The van der Waals surface area contributed by atoms with Gasteiger partial charge in [0.15, 0.2) is 0 Å². The lowest BCUT2D eigenvalue weighted by Crippen LogP contribution is -2.13. The van der Waals surface area contributed by atoms with Crippen LogP contribution in [0.25, 0.3) is 6.08 Å². The van der Waals surface area contributed by atoms with Crippen LogP contribution in [0.4, 0.5) is 15.1 Å². The minimum absolute atomic E-state index is 0.138. The van der Waals surface area contributed by atoms with Crippen molar-refractivity contribution in [2.24, 2.45) is 0 Å². The lowest BCUT2D eigenvalue weighted by atomic mass is 10.1. The zero-order valence-electron chi connectivity index (χ0n) is 17.5. The van der Waals surface area contributed by atoms with Gasteiger partial charge in [-0.3, -0.25) is 9.59 Å². The van der Waals surface area contributed by atoms with Gasteiger partial charge in [-0.15, -0.1) is 11.3 Å².